The second-order valence-electron chi connectivity index (χ2n) is 3.42. The SMILES string of the molecule is N#CC1(C#N)C2CSC2C1(C#N)C#N. The lowest BCUT2D eigenvalue weighted by Gasteiger charge is -2.61. The van der Waals surface area contributed by atoms with Gasteiger partial charge >= 0.3 is 0 Å². The standard InChI is InChI=1S/C9H4N4S/c10-2-8(3-11)6-1-14-7(6)9(8,4-12)5-13/h6-7H,1H2. The minimum atomic E-state index is -1.41. The third-order valence-corrected chi connectivity index (χ3v) is 4.72. The first-order chi connectivity index (χ1) is 6.72. The normalized spacial score (nSPS) is 34.0. The number of hydrogen-bond donors (Lipinski definition) is 0. The molecule has 0 spiro atoms. The summed E-state index contributed by atoms with van der Waals surface area (Å²) in [5.74, 6) is 0.610. The lowest BCUT2D eigenvalue weighted by Crippen LogP contribution is -2.70. The van der Waals surface area contributed by atoms with Crippen LogP contribution in [0.3, 0.4) is 0 Å². The third-order valence-electron chi connectivity index (χ3n) is 3.13. The first kappa shape index (κ1) is 8.89. The summed E-state index contributed by atoms with van der Waals surface area (Å²) < 4.78 is 0. The van der Waals surface area contributed by atoms with Gasteiger partial charge in [-0.15, -0.1) is 0 Å². The molecule has 2 rings (SSSR count). The molecule has 0 aromatic heterocycles. The Bertz CT molecular complexity index is 383. The molecule has 0 radical (unpaired) electrons. The molecule has 5 heteroatoms. The zero-order valence-electron chi connectivity index (χ0n) is 7.06. The van der Waals surface area contributed by atoms with Crippen LogP contribution in [0.25, 0.3) is 0 Å². The molecule has 14 heavy (non-hydrogen) atoms. The minimum Gasteiger partial charge on any atom is -0.196 e. The Kier molecular flexibility index (Phi) is 1.53. The van der Waals surface area contributed by atoms with Crippen LogP contribution in [0.2, 0.25) is 0 Å². The van der Waals surface area contributed by atoms with E-state index >= 15 is 0 Å². The van der Waals surface area contributed by atoms with Crippen molar-refractivity contribution in [3.63, 3.8) is 0 Å². The van der Waals surface area contributed by atoms with Crippen molar-refractivity contribution in [1.82, 2.24) is 0 Å². The van der Waals surface area contributed by atoms with Gasteiger partial charge < -0.3 is 0 Å². The van der Waals surface area contributed by atoms with Crippen molar-refractivity contribution in [3.05, 3.63) is 0 Å². The zero-order valence-corrected chi connectivity index (χ0v) is 7.88. The van der Waals surface area contributed by atoms with E-state index in [9.17, 15) is 0 Å². The molecule has 0 bridgehead atoms. The van der Waals surface area contributed by atoms with Crippen LogP contribution in [-0.2, 0) is 0 Å². The molecule has 1 saturated heterocycles. The summed E-state index contributed by atoms with van der Waals surface area (Å²) >= 11 is 1.50. The first-order valence-corrected chi connectivity index (χ1v) is 5.04. The van der Waals surface area contributed by atoms with Gasteiger partial charge in [0.05, 0.1) is 24.3 Å². The van der Waals surface area contributed by atoms with Crippen LogP contribution >= 0.6 is 11.8 Å². The van der Waals surface area contributed by atoms with Gasteiger partial charge in [-0.1, -0.05) is 0 Å². The van der Waals surface area contributed by atoms with Crippen molar-refractivity contribution in [2.24, 2.45) is 16.7 Å². The summed E-state index contributed by atoms with van der Waals surface area (Å²) in [6.07, 6.45) is 0. The highest BCUT2D eigenvalue weighted by molar-refractivity contribution is 8.01. The molecule has 2 fully saturated rings. The van der Waals surface area contributed by atoms with Gasteiger partial charge in [0.1, 0.15) is 0 Å². The smallest absolute Gasteiger partial charge is 0.187 e. The number of nitrogens with zero attached hydrogens (tertiary/aromatic N) is 4. The van der Waals surface area contributed by atoms with E-state index in [4.69, 9.17) is 21.0 Å². The lowest BCUT2D eigenvalue weighted by molar-refractivity contribution is 0.0484. The monoisotopic (exact) mass is 200 g/mol. The molecule has 0 aromatic rings. The van der Waals surface area contributed by atoms with E-state index in [1.54, 1.807) is 0 Å². The van der Waals surface area contributed by atoms with Gasteiger partial charge in [0, 0.05) is 16.9 Å². The van der Waals surface area contributed by atoms with Crippen LogP contribution in [0.5, 0.6) is 0 Å². The van der Waals surface area contributed by atoms with E-state index in [0.717, 1.165) is 0 Å². The van der Waals surface area contributed by atoms with Crippen molar-refractivity contribution >= 4 is 11.8 Å². The summed E-state index contributed by atoms with van der Waals surface area (Å²) in [5, 5.41) is 35.7. The van der Waals surface area contributed by atoms with E-state index in [2.05, 4.69) is 0 Å². The van der Waals surface area contributed by atoms with Gasteiger partial charge in [0.15, 0.2) is 10.8 Å². The number of thioether (sulfide) groups is 1. The van der Waals surface area contributed by atoms with E-state index in [0.29, 0.717) is 5.75 Å². The number of fused-ring (bicyclic) bond motifs is 1. The fourth-order valence-corrected chi connectivity index (χ4v) is 3.76. The number of rotatable bonds is 0. The number of nitriles is 4. The first-order valence-electron chi connectivity index (χ1n) is 3.99. The molecule has 1 heterocycles. The molecule has 1 aliphatic carbocycles. The van der Waals surface area contributed by atoms with Gasteiger partial charge in [-0.3, -0.25) is 0 Å². The zero-order chi connectivity index (χ0) is 10.4. The van der Waals surface area contributed by atoms with Gasteiger partial charge in [0.25, 0.3) is 0 Å². The highest BCUT2D eigenvalue weighted by Gasteiger charge is 2.79. The maximum atomic E-state index is 8.97. The predicted octanol–water partition coefficient (Wildman–Crippen LogP) is 0.799. The van der Waals surface area contributed by atoms with Gasteiger partial charge in [-0.25, -0.2) is 0 Å². The van der Waals surface area contributed by atoms with Crippen LogP contribution in [0.1, 0.15) is 0 Å². The second kappa shape index (κ2) is 2.42. The molecule has 1 saturated carbocycles. The molecule has 2 atom stereocenters. The van der Waals surface area contributed by atoms with E-state index in [1.165, 1.54) is 11.8 Å². The molecule has 2 aliphatic rings. The van der Waals surface area contributed by atoms with Crippen molar-refractivity contribution in [3.8, 4) is 24.3 Å². The van der Waals surface area contributed by atoms with Gasteiger partial charge in [-0.2, -0.15) is 32.8 Å². The fourth-order valence-electron chi connectivity index (χ4n) is 2.18. The van der Waals surface area contributed by atoms with E-state index in [1.807, 2.05) is 24.3 Å². The topological polar surface area (TPSA) is 95.2 Å². The Morgan fingerprint density at radius 1 is 0.929 bits per heavy atom. The van der Waals surface area contributed by atoms with Crippen LogP contribution in [-0.4, -0.2) is 11.0 Å². The molecular formula is C9H4N4S. The van der Waals surface area contributed by atoms with Crippen LogP contribution in [0.15, 0.2) is 0 Å². The van der Waals surface area contributed by atoms with Crippen molar-refractivity contribution in [2.75, 3.05) is 5.75 Å². The Labute approximate surface area is 85.3 Å². The average molecular weight is 200 g/mol. The molecule has 0 N–H and O–H groups in total. The Hall–Kier alpha value is -1.69. The van der Waals surface area contributed by atoms with Crippen molar-refractivity contribution < 1.29 is 0 Å². The fraction of sp³-hybridized carbons (Fsp3) is 0.556. The van der Waals surface area contributed by atoms with Crippen molar-refractivity contribution in [2.45, 2.75) is 5.25 Å². The molecule has 2 unspecified atom stereocenters. The third kappa shape index (κ3) is 0.550. The largest absolute Gasteiger partial charge is 0.196 e. The summed E-state index contributed by atoms with van der Waals surface area (Å²) in [4.78, 5) is 0. The van der Waals surface area contributed by atoms with Crippen LogP contribution in [0, 0.1) is 62.1 Å². The summed E-state index contributed by atoms with van der Waals surface area (Å²) in [7, 11) is 0. The highest BCUT2D eigenvalue weighted by Crippen LogP contribution is 2.70. The van der Waals surface area contributed by atoms with Gasteiger partial charge in [-0.05, 0) is 0 Å². The minimum absolute atomic E-state index is 0.0956. The Balaban J connectivity index is 2.56. The van der Waals surface area contributed by atoms with Gasteiger partial charge in [0.2, 0.25) is 0 Å². The van der Waals surface area contributed by atoms with E-state index in [-0.39, 0.29) is 11.2 Å². The summed E-state index contributed by atoms with van der Waals surface area (Å²) in [6, 6.07) is 7.46. The molecule has 0 aromatic carbocycles. The maximum absolute atomic E-state index is 8.97. The molecule has 1 aliphatic heterocycles. The van der Waals surface area contributed by atoms with Crippen molar-refractivity contribution in [1.29, 1.82) is 21.0 Å². The Morgan fingerprint density at radius 2 is 1.43 bits per heavy atom. The molecule has 4 nitrogen and oxygen atoms in total. The quantitative estimate of drug-likeness (QED) is 0.576. The molecular weight excluding hydrogens is 196 g/mol. The summed E-state index contributed by atoms with van der Waals surface area (Å²) in [6.45, 7) is 0. The maximum Gasteiger partial charge on any atom is 0.187 e. The second-order valence-corrected chi connectivity index (χ2v) is 4.60. The average Bonchev–Trinajstić information content (AvgIpc) is 2.19. The van der Waals surface area contributed by atoms with Crippen LogP contribution < -0.4 is 0 Å². The lowest BCUT2D eigenvalue weighted by atomic mass is 9.45. The Morgan fingerprint density at radius 3 is 1.64 bits per heavy atom. The molecule has 66 valence electrons. The predicted molar refractivity (Wildman–Crippen MR) is 47.1 cm³/mol. The van der Waals surface area contributed by atoms with E-state index < -0.39 is 10.8 Å². The molecule has 0 amide bonds. The summed E-state index contributed by atoms with van der Waals surface area (Å²) in [5.41, 5.74) is -2.81. The van der Waals surface area contributed by atoms with Crippen LogP contribution in [0.4, 0.5) is 0 Å². The highest BCUT2D eigenvalue weighted by atomic mass is 32.2. The number of hydrogen-bond acceptors (Lipinski definition) is 5.